The Bertz CT molecular complexity index is 711. The molecule has 0 amide bonds. The van der Waals surface area contributed by atoms with Crippen LogP contribution in [-0.2, 0) is 0 Å². The molecule has 2 aliphatic rings. The van der Waals surface area contributed by atoms with E-state index in [-0.39, 0.29) is 11.9 Å². The average Bonchev–Trinajstić information content (AvgIpc) is 2.74. The first-order valence-electron chi connectivity index (χ1n) is 11.1. The molecule has 1 heterocycles. The van der Waals surface area contributed by atoms with Crippen molar-refractivity contribution in [1.29, 1.82) is 5.41 Å². The number of anilines is 1. The van der Waals surface area contributed by atoms with Gasteiger partial charge in [0.1, 0.15) is 5.84 Å². The molecule has 9 heteroatoms. The molecule has 2 saturated carbocycles. The predicted octanol–water partition coefficient (Wildman–Crippen LogP) is 1.48. The Balaban J connectivity index is 1.46. The van der Waals surface area contributed by atoms with Crippen LogP contribution in [0.4, 0.5) is 5.95 Å². The first kappa shape index (κ1) is 22.5. The molecule has 0 aliphatic heterocycles. The zero-order valence-electron chi connectivity index (χ0n) is 17.8. The summed E-state index contributed by atoms with van der Waals surface area (Å²) in [6.07, 6.45) is 12.8. The number of nitrogens with two attached hydrogens (primary N) is 1. The van der Waals surface area contributed by atoms with Crippen molar-refractivity contribution in [3.05, 3.63) is 24.2 Å². The van der Waals surface area contributed by atoms with Crippen molar-refractivity contribution in [2.75, 3.05) is 12.4 Å². The summed E-state index contributed by atoms with van der Waals surface area (Å²) < 4.78 is 0. The van der Waals surface area contributed by atoms with Crippen LogP contribution in [-0.4, -0.2) is 52.4 Å². The van der Waals surface area contributed by atoms with E-state index in [4.69, 9.17) is 11.1 Å². The molecule has 0 aromatic carbocycles. The standard InChI is InChI=1S/C21H36N8O/c1-24-13-17(19(22)23)18-11-12-25-20(29-18)26-15-7-9-16(10-8-15)28-21(30)27-14-5-3-2-4-6-14/h11-16,21,24,27-28,30H,2-10H2,1H3,(H3,22,23)(H,25,26,29). The number of hydrogen-bond donors (Lipinski definition) is 7. The van der Waals surface area contributed by atoms with Gasteiger partial charge in [0.05, 0.1) is 11.3 Å². The third kappa shape index (κ3) is 6.65. The number of hydrogen-bond acceptors (Lipinski definition) is 8. The van der Waals surface area contributed by atoms with Crippen molar-refractivity contribution < 1.29 is 5.11 Å². The van der Waals surface area contributed by atoms with Crippen LogP contribution >= 0.6 is 0 Å². The lowest BCUT2D eigenvalue weighted by molar-refractivity contribution is 0.0628. The molecule has 2 aliphatic carbocycles. The average molecular weight is 417 g/mol. The molecule has 1 aromatic rings. The van der Waals surface area contributed by atoms with Crippen molar-refractivity contribution >= 4 is 17.4 Å². The lowest BCUT2D eigenvalue weighted by atomic mass is 9.91. The van der Waals surface area contributed by atoms with Crippen LogP contribution in [0.2, 0.25) is 0 Å². The van der Waals surface area contributed by atoms with E-state index in [1.165, 1.54) is 19.3 Å². The Morgan fingerprint density at radius 2 is 1.73 bits per heavy atom. The summed E-state index contributed by atoms with van der Waals surface area (Å²) in [5, 5.41) is 31.0. The van der Waals surface area contributed by atoms with Gasteiger partial charge in [-0.25, -0.2) is 9.97 Å². The Hall–Kier alpha value is -2.23. The first-order valence-corrected chi connectivity index (χ1v) is 11.1. The van der Waals surface area contributed by atoms with Gasteiger partial charge >= 0.3 is 0 Å². The SMILES string of the molecule is CNC=C(C(=N)N)c1ccnc(NC2CCC(NC(O)NC3CCCCC3)CC2)n1. The number of aliphatic hydroxyl groups excluding tert-OH is 1. The highest BCUT2D eigenvalue weighted by Crippen LogP contribution is 2.22. The summed E-state index contributed by atoms with van der Waals surface area (Å²) in [6.45, 7) is 0. The Morgan fingerprint density at radius 3 is 2.37 bits per heavy atom. The Kier molecular flexibility index (Phi) is 8.41. The summed E-state index contributed by atoms with van der Waals surface area (Å²) in [7, 11) is 1.76. The Morgan fingerprint density at radius 1 is 1.10 bits per heavy atom. The normalized spacial score (nSPS) is 24.3. The lowest BCUT2D eigenvalue weighted by Crippen LogP contribution is -2.52. The van der Waals surface area contributed by atoms with E-state index in [2.05, 4.69) is 31.2 Å². The molecule has 3 rings (SSSR count). The Labute approximate surface area is 178 Å². The fraction of sp³-hybridized carbons (Fsp3) is 0.667. The van der Waals surface area contributed by atoms with Gasteiger partial charge in [-0.15, -0.1) is 0 Å². The van der Waals surface area contributed by atoms with E-state index in [1.54, 1.807) is 25.5 Å². The number of aliphatic hydroxyl groups is 1. The summed E-state index contributed by atoms with van der Waals surface area (Å²) in [5.41, 5.74) is 6.81. The van der Waals surface area contributed by atoms with E-state index in [0.29, 0.717) is 29.3 Å². The topological polar surface area (TPSA) is 144 Å². The molecule has 166 valence electrons. The fourth-order valence-corrected chi connectivity index (χ4v) is 4.36. The van der Waals surface area contributed by atoms with Crippen LogP contribution in [0.5, 0.6) is 0 Å². The molecule has 2 fully saturated rings. The minimum Gasteiger partial charge on any atom is -0.393 e. The summed E-state index contributed by atoms with van der Waals surface area (Å²) in [5.74, 6) is 0.507. The van der Waals surface area contributed by atoms with E-state index in [9.17, 15) is 5.11 Å². The highest BCUT2D eigenvalue weighted by atomic mass is 16.3. The summed E-state index contributed by atoms with van der Waals surface area (Å²) in [6, 6.07) is 2.78. The largest absolute Gasteiger partial charge is 0.393 e. The molecule has 8 N–H and O–H groups in total. The molecule has 0 radical (unpaired) electrons. The highest BCUT2D eigenvalue weighted by Gasteiger charge is 2.24. The second-order valence-corrected chi connectivity index (χ2v) is 8.29. The summed E-state index contributed by atoms with van der Waals surface area (Å²) in [4.78, 5) is 8.84. The molecule has 0 bridgehead atoms. The molecule has 0 spiro atoms. The van der Waals surface area contributed by atoms with Crippen LogP contribution in [0.1, 0.15) is 63.5 Å². The number of nitrogens with zero attached hydrogens (tertiary/aromatic N) is 2. The third-order valence-corrected chi connectivity index (χ3v) is 5.96. The van der Waals surface area contributed by atoms with Crippen molar-refractivity contribution in [2.45, 2.75) is 82.3 Å². The highest BCUT2D eigenvalue weighted by molar-refractivity contribution is 6.19. The number of rotatable bonds is 9. The maximum Gasteiger partial charge on any atom is 0.223 e. The maximum absolute atomic E-state index is 10.3. The van der Waals surface area contributed by atoms with E-state index in [1.807, 2.05) is 0 Å². The number of aromatic nitrogens is 2. The van der Waals surface area contributed by atoms with Crippen LogP contribution in [0.25, 0.3) is 5.57 Å². The minimum absolute atomic E-state index is 0.0408. The molecule has 0 saturated heterocycles. The number of amidine groups is 1. The van der Waals surface area contributed by atoms with Gasteiger partial charge in [-0.3, -0.25) is 16.0 Å². The van der Waals surface area contributed by atoms with Gasteiger partial charge in [0.2, 0.25) is 5.95 Å². The molecule has 9 nitrogen and oxygen atoms in total. The monoisotopic (exact) mass is 416 g/mol. The zero-order chi connectivity index (χ0) is 21.3. The van der Waals surface area contributed by atoms with E-state index < -0.39 is 6.35 Å². The quantitative estimate of drug-likeness (QED) is 0.182. The van der Waals surface area contributed by atoms with Gasteiger partial charge in [-0.2, -0.15) is 0 Å². The van der Waals surface area contributed by atoms with Gasteiger partial charge in [0, 0.05) is 37.6 Å². The smallest absolute Gasteiger partial charge is 0.223 e. The predicted molar refractivity (Wildman–Crippen MR) is 120 cm³/mol. The molecular formula is C21H36N8O. The van der Waals surface area contributed by atoms with E-state index >= 15 is 0 Å². The summed E-state index contributed by atoms with van der Waals surface area (Å²) >= 11 is 0. The third-order valence-electron chi connectivity index (χ3n) is 5.96. The van der Waals surface area contributed by atoms with Crippen molar-refractivity contribution in [3.63, 3.8) is 0 Å². The number of nitrogens with one attached hydrogen (secondary N) is 5. The van der Waals surface area contributed by atoms with Gasteiger partial charge in [-0.1, -0.05) is 19.3 Å². The van der Waals surface area contributed by atoms with Crippen LogP contribution < -0.4 is 27.0 Å². The minimum atomic E-state index is -0.633. The van der Waals surface area contributed by atoms with Crippen molar-refractivity contribution in [2.24, 2.45) is 5.73 Å². The van der Waals surface area contributed by atoms with Gasteiger partial charge in [0.15, 0.2) is 6.35 Å². The lowest BCUT2D eigenvalue weighted by Gasteiger charge is -2.33. The van der Waals surface area contributed by atoms with E-state index in [0.717, 1.165) is 38.5 Å². The molecular weight excluding hydrogens is 380 g/mol. The molecule has 1 unspecified atom stereocenters. The molecule has 30 heavy (non-hydrogen) atoms. The van der Waals surface area contributed by atoms with Gasteiger partial charge in [0.25, 0.3) is 0 Å². The van der Waals surface area contributed by atoms with Gasteiger partial charge in [-0.05, 0) is 44.6 Å². The maximum atomic E-state index is 10.3. The zero-order valence-corrected chi connectivity index (χ0v) is 17.8. The molecule has 1 atom stereocenters. The van der Waals surface area contributed by atoms with Crippen molar-refractivity contribution in [3.8, 4) is 0 Å². The fourth-order valence-electron chi connectivity index (χ4n) is 4.36. The second-order valence-electron chi connectivity index (χ2n) is 8.29. The molecule has 1 aromatic heterocycles. The van der Waals surface area contributed by atoms with Crippen LogP contribution in [0.15, 0.2) is 18.5 Å². The second kappa shape index (κ2) is 11.2. The van der Waals surface area contributed by atoms with Crippen LogP contribution in [0.3, 0.4) is 0 Å². The van der Waals surface area contributed by atoms with Gasteiger partial charge < -0.3 is 21.5 Å². The van der Waals surface area contributed by atoms with Crippen molar-refractivity contribution in [1.82, 2.24) is 25.9 Å². The van der Waals surface area contributed by atoms with Crippen LogP contribution in [0, 0.1) is 5.41 Å². The first-order chi connectivity index (χ1) is 14.5.